The van der Waals surface area contributed by atoms with Gasteiger partial charge in [-0.15, -0.1) is 0 Å². The summed E-state index contributed by atoms with van der Waals surface area (Å²) in [5, 5.41) is 1.04. The van der Waals surface area contributed by atoms with E-state index in [4.69, 9.17) is 14.5 Å². The molecule has 2 aromatic heterocycles. The van der Waals surface area contributed by atoms with Crippen molar-refractivity contribution >= 4 is 34.3 Å². The van der Waals surface area contributed by atoms with E-state index in [1.54, 1.807) is 31.6 Å². The Kier molecular flexibility index (Phi) is 6.28. The normalized spacial score (nSPS) is 15.6. The molecule has 0 radical (unpaired) electrons. The molecular formula is C28H25N3O4S. The van der Waals surface area contributed by atoms with E-state index in [9.17, 15) is 9.59 Å². The molecule has 0 saturated heterocycles. The summed E-state index contributed by atoms with van der Waals surface area (Å²) < 4.78 is 12.7. The van der Waals surface area contributed by atoms with Gasteiger partial charge in [-0.2, -0.15) is 0 Å². The fourth-order valence-electron chi connectivity index (χ4n) is 4.37. The maximum absolute atomic E-state index is 13.7. The number of fused-ring (bicyclic) bond motifs is 2. The Hall–Kier alpha value is -4.04. The third kappa shape index (κ3) is 4.24. The van der Waals surface area contributed by atoms with Crippen molar-refractivity contribution in [1.29, 1.82) is 0 Å². The van der Waals surface area contributed by atoms with Crippen LogP contribution in [0.15, 0.2) is 75.7 Å². The highest BCUT2D eigenvalue weighted by Gasteiger charge is 2.33. The highest BCUT2D eigenvalue weighted by Crippen LogP contribution is 2.31. The number of hydrogen-bond donors (Lipinski definition) is 0. The largest absolute Gasteiger partial charge is 0.497 e. The van der Waals surface area contributed by atoms with Gasteiger partial charge in [-0.3, -0.25) is 9.36 Å². The van der Waals surface area contributed by atoms with Crippen LogP contribution in [-0.2, 0) is 9.53 Å². The minimum Gasteiger partial charge on any atom is -0.497 e. The fourth-order valence-corrected chi connectivity index (χ4v) is 5.40. The average molecular weight is 500 g/mol. The molecule has 3 heterocycles. The molecular weight excluding hydrogens is 474 g/mol. The van der Waals surface area contributed by atoms with Crippen molar-refractivity contribution in [3.05, 3.63) is 102 Å². The third-order valence-corrected chi connectivity index (χ3v) is 7.08. The molecule has 0 N–H and O–H groups in total. The Balaban J connectivity index is 1.68. The van der Waals surface area contributed by atoms with Gasteiger partial charge in [0.2, 0.25) is 0 Å². The number of nitrogens with zero attached hydrogens (tertiary/aromatic N) is 3. The lowest BCUT2D eigenvalue weighted by molar-refractivity contribution is -0.139. The predicted molar refractivity (Wildman–Crippen MR) is 140 cm³/mol. The first-order chi connectivity index (χ1) is 17.4. The SMILES string of the molecule is CCOC(=O)C1=C(C)N=c2sc(=Cc3ccc4cc(C)ccc4n3)c(=O)n2[C@H]1c1ccc(OC)cc1. The Bertz CT molecular complexity index is 1700. The van der Waals surface area contributed by atoms with Gasteiger partial charge in [0.15, 0.2) is 4.80 Å². The topological polar surface area (TPSA) is 82.8 Å². The third-order valence-electron chi connectivity index (χ3n) is 6.09. The quantitative estimate of drug-likeness (QED) is 0.392. The zero-order valence-corrected chi connectivity index (χ0v) is 21.3. The van der Waals surface area contributed by atoms with Crippen LogP contribution in [-0.4, -0.2) is 29.2 Å². The Morgan fingerprint density at radius 3 is 2.61 bits per heavy atom. The first-order valence-corrected chi connectivity index (χ1v) is 12.4. The van der Waals surface area contributed by atoms with Crippen LogP contribution in [0.1, 0.15) is 36.7 Å². The second kappa shape index (κ2) is 9.54. The fraction of sp³-hybridized carbons (Fsp3) is 0.214. The number of esters is 1. The molecule has 7 nitrogen and oxygen atoms in total. The standard InChI is InChI=1S/C28H25N3O4S/c1-5-35-27(33)24-17(3)29-28-31(25(24)18-8-11-21(34-4)12-9-18)26(32)23(36-28)15-20-10-7-19-14-16(2)6-13-22(19)30-20/h6-15,25H,5H2,1-4H3/t25-/m0/s1. The molecule has 1 aliphatic heterocycles. The summed E-state index contributed by atoms with van der Waals surface area (Å²) >= 11 is 1.28. The maximum Gasteiger partial charge on any atom is 0.338 e. The molecule has 1 atom stereocenters. The number of aromatic nitrogens is 2. The van der Waals surface area contributed by atoms with Crippen LogP contribution < -0.4 is 19.6 Å². The van der Waals surface area contributed by atoms with Crippen molar-refractivity contribution in [2.45, 2.75) is 26.8 Å². The Labute approximate surface area is 211 Å². The lowest BCUT2D eigenvalue weighted by atomic mass is 9.96. The highest BCUT2D eigenvalue weighted by atomic mass is 32.1. The summed E-state index contributed by atoms with van der Waals surface area (Å²) in [5.41, 5.74) is 4.11. The van der Waals surface area contributed by atoms with E-state index in [0.29, 0.717) is 32.0 Å². The van der Waals surface area contributed by atoms with E-state index in [1.165, 1.54) is 11.3 Å². The van der Waals surface area contributed by atoms with Crippen molar-refractivity contribution in [2.24, 2.45) is 4.99 Å². The van der Waals surface area contributed by atoms with Crippen LogP contribution in [0.4, 0.5) is 0 Å². The molecule has 1 aliphatic rings. The second-order valence-electron chi connectivity index (χ2n) is 8.51. The van der Waals surface area contributed by atoms with Gasteiger partial charge in [0, 0.05) is 5.39 Å². The minimum atomic E-state index is -0.666. The molecule has 0 bridgehead atoms. The number of thiazole rings is 1. The molecule has 2 aromatic carbocycles. The van der Waals surface area contributed by atoms with Gasteiger partial charge >= 0.3 is 5.97 Å². The molecule has 0 amide bonds. The second-order valence-corrected chi connectivity index (χ2v) is 9.52. The van der Waals surface area contributed by atoms with Gasteiger partial charge in [-0.05, 0) is 62.7 Å². The van der Waals surface area contributed by atoms with E-state index in [-0.39, 0.29) is 12.2 Å². The van der Waals surface area contributed by atoms with E-state index < -0.39 is 12.0 Å². The van der Waals surface area contributed by atoms with Crippen molar-refractivity contribution in [1.82, 2.24) is 9.55 Å². The van der Waals surface area contributed by atoms with Gasteiger partial charge in [-0.25, -0.2) is 14.8 Å². The number of carbonyl (C=O) groups excluding carboxylic acids is 1. The molecule has 182 valence electrons. The van der Waals surface area contributed by atoms with Crippen LogP contribution in [0.2, 0.25) is 0 Å². The molecule has 36 heavy (non-hydrogen) atoms. The Morgan fingerprint density at radius 2 is 1.89 bits per heavy atom. The monoisotopic (exact) mass is 499 g/mol. The number of aryl methyl sites for hydroxylation is 1. The molecule has 4 aromatic rings. The summed E-state index contributed by atoms with van der Waals surface area (Å²) in [7, 11) is 1.59. The maximum atomic E-state index is 13.7. The predicted octanol–water partition coefficient (Wildman–Crippen LogP) is 3.66. The van der Waals surface area contributed by atoms with Crippen LogP contribution in [0.5, 0.6) is 5.75 Å². The molecule has 0 saturated carbocycles. The van der Waals surface area contributed by atoms with Crippen LogP contribution in [0.25, 0.3) is 17.0 Å². The van der Waals surface area contributed by atoms with Gasteiger partial charge < -0.3 is 9.47 Å². The van der Waals surface area contributed by atoms with E-state index in [1.807, 2.05) is 55.5 Å². The zero-order chi connectivity index (χ0) is 25.4. The number of carbonyl (C=O) groups is 1. The molecule has 8 heteroatoms. The van der Waals surface area contributed by atoms with E-state index in [0.717, 1.165) is 22.0 Å². The van der Waals surface area contributed by atoms with Crippen LogP contribution >= 0.6 is 11.3 Å². The number of pyridine rings is 1. The van der Waals surface area contributed by atoms with E-state index in [2.05, 4.69) is 11.1 Å². The van der Waals surface area contributed by atoms with Gasteiger partial charge in [0.05, 0.1) is 46.8 Å². The smallest absolute Gasteiger partial charge is 0.338 e. The van der Waals surface area contributed by atoms with Crippen molar-refractivity contribution in [2.75, 3.05) is 13.7 Å². The molecule has 0 fully saturated rings. The zero-order valence-electron chi connectivity index (χ0n) is 20.4. The first-order valence-electron chi connectivity index (χ1n) is 11.6. The summed E-state index contributed by atoms with van der Waals surface area (Å²) in [4.78, 5) is 36.6. The number of allylic oxidation sites excluding steroid dienone is 1. The summed E-state index contributed by atoms with van der Waals surface area (Å²) in [6.45, 7) is 5.79. The van der Waals surface area contributed by atoms with Gasteiger partial charge in [0.1, 0.15) is 5.75 Å². The van der Waals surface area contributed by atoms with Crippen molar-refractivity contribution in [3.8, 4) is 5.75 Å². The van der Waals surface area contributed by atoms with Gasteiger partial charge in [-0.1, -0.05) is 41.2 Å². The average Bonchev–Trinajstić information content (AvgIpc) is 3.17. The number of ether oxygens (including phenoxy) is 2. The number of hydrogen-bond acceptors (Lipinski definition) is 7. The summed E-state index contributed by atoms with van der Waals surface area (Å²) in [5.74, 6) is 0.197. The number of rotatable bonds is 5. The molecule has 5 rings (SSSR count). The molecule has 0 spiro atoms. The van der Waals surface area contributed by atoms with Crippen LogP contribution in [0, 0.1) is 6.92 Å². The van der Waals surface area contributed by atoms with Crippen molar-refractivity contribution in [3.63, 3.8) is 0 Å². The lowest BCUT2D eigenvalue weighted by Crippen LogP contribution is -2.39. The van der Waals surface area contributed by atoms with E-state index >= 15 is 0 Å². The highest BCUT2D eigenvalue weighted by molar-refractivity contribution is 7.07. The van der Waals surface area contributed by atoms with Gasteiger partial charge in [0.25, 0.3) is 5.56 Å². The first kappa shape index (κ1) is 23.7. The molecule has 0 unspecified atom stereocenters. The Morgan fingerprint density at radius 1 is 1.11 bits per heavy atom. The van der Waals surface area contributed by atoms with Crippen LogP contribution in [0.3, 0.4) is 0 Å². The number of methoxy groups -OCH3 is 1. The summed E-state index contributed by atoms with van der Waals surface area (Å²) in [6.07, 6.45) is 1.78. The van der Waals surface area contributed by atoms with Crippen molar-refractivity contribution < 1.29 is 14.3 Å². The summed E-state index contributed by atoms with van der Waals surface area (Å²) in [6, 6.07) is 16.6. The minimum absolute atomic E-state index is 0.225. The molecule has 0 aliphatic carbocycles. The number of benzene rings is 2. The lowest BCUT2D eigenvalue weighted by Gasteiger charge is -2.24.